The van der Waals surface area contributed by atoms with Gasteiger partial charge in [0, 0.05) is 12.2 Å². The van der Waals surface area contributed by atoms with Crippen molar-refractivity contribution >= 4 is 5.69 Å². The summed E-state index contributed by atoms with van der Waals surface area (Å²) in [6.45, 7) is 2.66. The van der Waals surface area contributed by atoms with Gasteiger partial charge in [0.1, 0.15) is 0 Å². The predicted molar refractivity (Wildman–Crippen MR) is 44.5 cm³/mol. The number of pyridine rings is 1. The summed E-state index contributed by atoms with van der Waals surface area (Å²) in [5.74, 6) is 0. The van der Waals surface area contributed by atoms with E-state index >= 15 is 0 Å². The van der Waals surface area contributed by atoms with Gasteiger partial charge in [0.15, 0.2) is 0 Å². The molecule has 1 aromatic heterocycles. The van der Waals surface area contributed by atoms with Gasteiger partial charge in [-0.1, -0.05) is 0 Å². The Hall–Kier alpha value is -1.09. The van der Waals surface area contributed by atoms with E-state index in [9.17, 15) is 0 Å². The Bertz CT molecular complexity index is 208. The number of aromatic nitrogens is 1. The number of rotatable bonds is 3. The summed E-state index contributed by atoms with van der Waals surface area (Å²) in [7, 11) is 0. The third-order valence-electron chi connectivity index (χ3n) is 1.35. The maximum Gasteiger partial charge on any atom is 0.0604 e. The molecule has 2 N–H and O–H groups in total. The van der Waals surface area contributed by atoms with Crippen molar-refractivity contribution in [3.63, 3.8) is 0 Å². The van der Waals surface area contributed by atoms with Crippen molar-refractivity contribution in [2.24, 2.45) is 0 Å². The number of aryl methyl sites for hydroxylation is 1. The molecule has 0 bridgehead atoms. The number of aliphatic hydroxyl groups is 1. The van der Waals surface area contributed by atoms with Gasteiger partial charge in [-0.3, -0.25) is 4.98 Å². The van der Waals surface area contributed by atoms with Crippen LogP contribution in [0.15, 0.2) is 18.3 Å². The largest absolute Gasteiger partial charge is 0.395 e. The second-order valence-corrected chi connectivity index (χ2v) is 2.34. The van der Waals surface area contributed by atoms with Crippen LogP contribution in [0.5, 0.6) is 0 Å². The second kappa shape index (κ2) is 3.93. The molecule has 3 nitrogen and oxygen atoms in total. The van der Waals surface area contributed by atoms with Gasteiger partial charge in [-0.05, 0) is 19.1 Å². The van der Waals surface area contributed by atoms with Gasteiger partial charge in [-0.25, -0.2) is 0 Å². The molecule has 0 unspecified atom stereocenters. The standard InChI is InChI=1S/C8H12N2O/c1-7-2-3-8(6-10-7)9-4-5-11/h2-3,6,9,11H,4-5H2,1H3. The fraction of sp³-hybridized carbons (Fsp3) is 0.375. The van der Waals surface area contributed by atoms with Crippen LogP contribution in [0.25, 0.3) is 0 Å². The summed E-state index contributed by atoms with van der Waals surface area (Å²) < 4.78 is 0. The number of anilines is 1. The highest BCUT2D eigenvalue weighted by molar-refractivity contribution is 5.40. The van der Waals surface area contributed by atoms with Gasteiger partial charge in [-0.15, -0.1) is 0 Å². The van der Waals surface area contributed by atoms with Crippen LogP contribution in [0.3, 0.4) is 0 Å². The number of hydrogen-bond acceptors (Lipinski definition) is 3. The van der Waals surface area contributed by atoms with E-state index in [4.69, 9.17) is 5.11 Å². The smallest absolute Gasteiger partial charge is 0.0604 e. The molecule has 0 aromatic carbocycles. The lowest BCUT2D eigenvalue weighted by molar-refractivity contribution is 0.311. The lowest BCUT2D eigenvalue weighted by Gasteiger charge is -2.02. The molecule has 0 saturated heterocycles. The van der Waals surface area contributed by atoms with E-state index < -0.39 is 0 Å². The van der Waals surface area contributed by atoms with E-state index in [0.717, 1.165) is 11.4 Å². The summed E-state index contributed by atoms with van der Waals surface area (Å²) in [6.07, 6.45) is 1.75. The van der Waals surface area contributed by atoms with Gasteiger partial charge in [0.05, 0.1) is 18.5 Å². The maximum absolute atomic E-state index is 8.50. The van der Waals surface area contributed by atoms with Crippen molar-refractivity contribution in [2.75, 3.05) is 18.5 Å². The monoisotopic (exact) mass is 152 g/mol. The molecule has 0 aliphatic rings. The Balaban J connectivity index is 2.52. The molecule has 3 heteroatoms. The fourth-order valence-corrected chi connectivity index (χ4v) is 0.773. The SMILES string of the molecule is Cc1ccc(NCCO)cn1. The number of nitrogens with zero attached hydrogens (tertiary/aromatic N) is 1. The summed E-state index contributed by atoms with van der Waals surface area (Å²) in [5, 5.41) is 11.5. The van der Waals surface area contributed by atoms with Crippen LogP contribution in [-0.2, 0) is 0 Å². The molecule has 1 aromatic rings. The van der Waals surface area contributed by atoms with Crippen LogP contribution in [0.1, 0.15) is 5.69 Å². The van der Waals surface area contributed by atoms with Gasteiger partial charge in [0.2, 0.25) is 0 Å². The van der Waals surface area contributed by atoms with Crippen LogP contribution >= 0.6 is 0 Å². The zero-order valence-corrected chi connectivity index (χ0v) is 6.54. The lowest BCUT2D eigenvalue weighted by atomic mass is 10.3. The topological polar surface area (TPSA) is 45.1 Å². The van der Waals surface area contributed by atoms with Crippen molar-refractivity contribution in [1.29, 1.82) is 0 Å². The molecule has 0 amide bonds. The molecule has 1 heterocycles. The molecule has 0 atom stereocenters. The zero-order chi connectivity index (χ0) is 8.10. The van der Waals surface area contributed by atoms with Crippen molar-refractivity contribution in [1.82, 2.24) is 4.98 Å². The molecule has 11 heavy (non-hydrogen) atoms. The first-order valence-electron chi connectivity index (χ1n) is 3.60. The lowest BCUT2D eigenvalue weighted by Crippen LogP contribution is -2.05. The first kappa shape index (κ1) is 8.01. The van der Waals surface area contributed by atoms with Crippen LogP contribution < -0.4 is 5.32 Å². The van der Waals surface area contributed by atoms with E-state index in [-0.39, 0.29) is 6.61 Å². The maximum atomic E-state index is 8.50. The minimum atomic E-state index is 0.147. The third kappa shape index (κ3) is 2.55. The molecule has 0 aliphatic carbocycles. The van der Waals surface area contributed by atoms with Crippen LogP contribution in [0.2, 0.25) is 0 Å². The highest BCUT2D eigenvalue weighted by Gasteiger charge is 1.89. The third-order valence-corrected chi connectivity index (χ3v) is 1.35. The van der Waals surface area contributed by atoms with Crippen molar-refractivity contribution in [2.45, 2.75) is 6.92 Å². The molecule has 0 radical (unpaired) electrons. The minimum absolute atomic E-state index is 0.147. The van der Waals surface area contributed by atoms with Crippen LogP contribution in [-0.4, -0.2) is 23.2 Å². The van der Waals surface area contributed by atoms with E-state index in [2.05, 4.69) is 10.3 Å². The Kier molecular flexibility index (Phi) is 2.86. The van der Waals surface area contributed by atoms with Gasteiger partial charge in [-0.2, -0.15) is 0 Å². The van der Waals surface area contributed by atoms with E-state index in [1.54, 1.807) is 6.20 Å². The van der Waals surface area contributed by atoms with Crippen molar-refractivity contribution in [3.8, 4) is 0 Å². The number of nitrogens with one attached hydrogen (secondary N) is 1. The fourth-order valence-electron chi connectivity index (χ4n) is 0.773. The Morgan fingerprint density at radius 2 is 2.36 bits per heavy atom. The zero-order valence-electron chi connectivity index (χ0n) is 6.54. The number of hydrogen-bond donors (Lipinski definition) is 2. The van der Waals surface area contributed by atoms with E-state index in [1.807, 2.05) is 19.1 Å². The average Bonchev–Trinajstić information content (AvgIpc) is 2.04. The Morgan fingerprint density at radius 3 is 2.91 bits per heavy atom. The first-order valence-corrected chi connectivity index (χ1v) is 3.60. The molecular weight excluding hydrogens is 140 g/mol. The number of aliphatic hydroxyl groups excluding tert-OH is 1. The van der Waals surface area contributed by atoms with E-state index in [1.165, 1.54) is 0 Å². The molecule has 0 saturated carbocycles. The predicted octanol–water partition coefficient (Wildman–Crippen LogP) is 0.794. The molecule has 1 rings (SSSR count). The van der Waals surface area contributed by atoms with Crippen molar-refractivity contribution < 1.29 is 5.11 Å². The summed E-state index contributed by atoms with van der Waals surface area (Å²) in [4.78, 5) is 4.09. The second-order valence-electron chi connectivity index (χ2n) is 2.34. The van der Waals surface area contributed by atoms with Gasteiger partial charge in [0.25, 0.3) is 0 Å². The highest BCUT2D eigenvalue weighted by atomic mass is 16.3. The molecule has 60 valence electrons. The molecule has 0 aliphatic heterocycles. The normalized spacial score (nSPS) is 9.64. The van der Waals surface area contributed by atoms with Crippen LogP contribution in [0.4, 0.5) is 5.69 Å². The van der Waals surface area contributed by atoms with Crippen molar-refractivity contribution in [3.05, 3.63) is 24.0 Å². The van der Waals surface area contributed by atoms with E-state index in [0.29, 0.717) is 6.54 Å². The summed E-state index contributed by atoms with van der Waals surface area (Å²) in [5.41, 5.74) is 1.95. The minimum Gasteiger partial charge on any atom is -0.395 e. The summed E-state index contributed by atoms with van der Waals surface area (Å²) in [6, 6.07) is 3.87. The first-order chi connectivity index (χ1) is 5.33. The Morgan fingerprint density at radius 1 is 1.55 bits per heavy atom. The summed E-state index contributed by atoms with van der Waals surface area (Å²) >= 11 is 0. The Labute approximate surface area is 66.1 Å². The quantitative estimate of drug-likeness (QED) is 0.673. The molecular formula is C8H12N2O. The van der Waals surface area contributed by atoms with Crippen LogP contribution in [0, 0.1) is 6.92 Å². The molecule has 0 spiro atoms. The van der Waals surface area contributed by atoms with Gasteiger partial charge < -0.3 is 10.4 Å². The average molecular weight is 152 g/mol. The molecule has 0 fully saturated rings. The van der Waals surface area contributed by atoms with Gasteiger partial charge >= 0.3 is 0 Å². The highest BCUT2D eigenvalue weighted by Crippen LogP contribution is 2.03.